The summed E-state index contributed by atoms with van der Waals surface area (Å²) in [6.07, 6.45) is 0.783. The van der Waals surface area contributed by atoms with E-state index in [1.54, 1.807) is 6.07 Å². The van der Waals surface area contributed by atoms with Crippen molar-refractivity contribution >= 4 is 0 Å². The van der Waals surface area contributed by atoms with E-state index in [2.05, 4.69) is 32.0 Å². The highest BCUT2D eigenvalue weighted by atomic mass is 19.1. The molecule has 19 heavy (non-hydrogen) atoms. The lowest BCUT2D eigenvalue weighted by Crippen LogP contribution is -2.17. The largest absolute Gasteiger partial charge is 0.330 e. The number of aryl methyl sites for hydroxylation is 2. The van der Waals surface area contributed by atoms with E-state index in [0.717, 1.165) is 6.42 Å². The summed E-state index contributed by atoms with van der Waals surface area (Å²) >= 11 is 0. The van der Waals surface area contributed by atoms with Gasteiger partial charge in [0.15, 0.2) is 0 Å². The summed E-state index contributed by atoms with van der Waals surface area (Å²) < 4.78 is 13.9. The van der Waals surface area contributed by atoms with Crippen molar-refractivity contribution in [2.45, 2.75) is 26.2 Å². The van der Waals surface area contributed by atoms with Crippen molar-refractivity contribution in [1.82, 2.24) is 0 Å². The van der Waals surface area contributed by atoms with Gasteiger partial charge in [0.1, 0.15) is 5.82 Å². The van der Waals surface area contributed by atoms with Crippen LogP contribution < -0.4 is 5.73 Å². The summed E-state index contributed by atoms with van der Waals surface area (Å²) in [4.78, 5) is 0. The van der Waals surface area contributed by atoms with Gasteiger partial charge in [-0.25, -0.2) is 4.39 Å². The molecule has 0 aromatic heterocycles. The molecule has 2 aromatic carbocycles. The summed E-state index contributed by atoms with van der Waals surface area (Å²) in [7, 11) is 0. The molecule has 0 saturated carbocycles. The first-order valence-electron chi connectivity index (χ1n) is 6.62. The number of halogens is 1. The van der Waals surface area contributed by atoms with Gasteiger partial charge in [-0.05, 0) is 49.6 Å². The summed E-state index contributed by atoms with van der Waals surface area (Å²) in [5.74, 6) is -0.134. The van der Waals surface area contributed by atoms with Crippen molar-refractivity contribution in [3.05, 3.63) is 70.5 Å². The highest BCUT2D eigenvalue weighted by Gasteiger charge is 2.15. The summed E-state index contributed by atoms with van der Waals surface area (Å²) in [6.45, 7) is 4.61. The van der Waals surface area contributed by atoms with Crippen molar-refractivity contribution in [3.63, 3.8) is 0 Å². The SMILES string of the molecule is Cc1ccc(C)c(CC(CN)c2ccccc2F)c1. The fraction of sp³-hybridized carbons (Fsp3) is 0.294. The molecule has 0 heterocycles. The Morgan fingerprint density at radius 3 is 2.53 bits per heavy atom. The molecule has 1 unspecified atom stereocenters. The van der Waals surface area contributed by atoms with E-state index in [1.807, 2.05) is 12.1 Å². The lowest BCUT2D eigenvalue weighted by Gasteiger charge is -2.18. The summed E-state index contributed by atoms with van der Waals surface area (Å²) in [5, 5.41) is 0. The molecule has 0 bridgehead atoms. The van der Waals surface area contributed by atoms with Crippen LogP contribution in [0.25, 0.3) is 0 Å². The minimum atomic E-state index is -0.164. The molecule has 0 aliphatic carbocycles. The first kappa shape index (κ1) is 13.8. The molecule has 2 rings (SSSR count). The Kier molecular flexibility index (Phi) is 4.33. The Hall–Kier alpha value is -1.67. The van der Waals surface area contributed by atoms with Crippen LogP contribution in [0.3, 0.4) is 0 Å². The second kappa shape index (κ2) is 5.98. The van der Waals surface area contributed by atoms with Crippen molar-refractivity contribution < 1.29 is 4.39 Å². The average Bonchev–Trinajstić information content (AvgIpc) is 2.41. The Morgan fingerprint density at radius 2 is 1.84 bits per heavy atom. The molecule has 2 aromatic rings. The maximum atomic E-state index is 13.9. The maximum Gasteiger partial charge on any atom is 0.126 e. The van der Waals surface area contributed by atoms with E-state index in [4.69, 9.17) is 5.73 Å². The average molecular weight is 257 g/mol. The first-order chi connectivity index (χ1) is 9.11. The molecule has 2 heteroatoms. The van der Waals surface area contributed by atoms with E-state index >= 15 is 0 Å². The molecule has 0 spiro atoms. The molecule has 100 valence electrons. The number of hydrogen-bond donors (Lipinski definition) is 1. The van der Waals surface area contributed by atoms with E-state index in [1.165, 1.54) is 22.8 Å². The highest BCUT2D eigenvalue weighted by molar-refractivity contribution is 5.33. The highest BCUT2D eigenvalue weighted by Crippen LogP contribution is 2.24. The van der Waals surface area contributed by atoms with Crippen LogP contribution in [0.15, 0.2) is 42.5 Å². The predicted octanol–water partition coefficient (Wildman–Crippen LogP) is 3.73. The Labute approximate surface area is 114 Å². The standard InChI is InChI=1S/C17H20FN/c1-12-7-8-13(2)14(9-12)10-15(11-19)16-5-3-4-6-17(16)18/h3-9,15H,10-11,19H2,1-2H3. The van der Waals surface area contributed by atoms with Gasteiger partial charge in [-0.3, -0.25) is 0 Å². The lowest BCUT2D eigenvalue weighted by molar-refractivity contribution is 0.575. The minimum Gasteiger partial charge on any atom is -0.330 e. The minimum absolute atomic E-state index is 0.0294. The fourth-order valence-electron chi connectivity index (χ4n) is 2.41. The van der Waals surface area contributed by atoms with Gasteiger partial charge in [-0.15, -0.1) is 0 Å². The first-order valence-corrected chi connectivity index (χ1v) is 6.62. The quantitative estimate of drug-likeness (QED) is 0.887. The molecule has 0 saturated heterocycles. The van der Waals surface area contributed by atoms with Gasteiger partial charge >= 0.3 is 0 Å². The van der Waals surface area contributed by atoms with Crippen molar-refractivity contribution in [3.8, 4) is 0 Å². The van der Waals surface area contributed by atoms with Crippen LogP contribution in [0.2, 0.25) is 0 Å². The van der Waals surface area contributed by atoms with E-state index < -0.39 is 0 Å². The van der Waals surface area contributed by atoms with Crippen LogP contribution in [0, 0.1) is 19.7 Å². The summed E-state index contributed by atoms with van der Waals surface area (Å²) in [6, 6.07) is 13.3. The van der Waals surface area contributed by atoms with Gasteiger partial charge in [0.2, 0.25) is 0 Å². The van der Waals surface area contributed by atoms with Crippen LogP contribution >= 0.6 is 0 Å². The van der Waals surface area contributed by atoms with Gasteiger partial charge in [-0.1, -0.05) is 42.0 Å². The topological polar surface area (TPSA) is 26.0 Å². The van der Waals surface area contributed by atoms with Crippen LogP contribution in [0.5, 0.6) is 0 Å². The van der Waals surface area contributed by atoms with Gasteiger partial charge < -0.3 is 5.73 Å². The van der Waals surface area contributed by atoms with Gasteiger partial charge in [0, 0.05) is 5.92 Å². The molecular weight excluding hydrogens is 237 g/mol. The third kappa shape index (κ3) is 3.21. The van der Waals surface area contributed by atoms with Crippen LogP contribution in [-0.4, -0.2) is 6.54 Å². The zero-order valence-corrected chi connectivity index (χ0v) is 11.5. The van der Waals surface area contributed by atoms with Crippen LogP contribution in [-0.2, 0) is 6.42 Å². The van der Waals surface area contributed by atoms with E-state index in [-0.39, 0.29) is 11.7 Å². The number of rotatable bonds is 4. The molecule has 0 aliphatic rings. The maximum absolute atomic E-state index is 13.9. The molecular formula is C17H20FN. The van der Waals surface area contributed by atoms with E-state index in [9.17, 15) is 4.39 Å². The van der Waals surface area contributed by atoms with Gasteiger partial charge in [-0.2, -0.15) is 0 Å². The monoisotopic (exact) mass is 257 g/mol. The Bertz CT molecular complexity index is 563. The second-order valence-electron chi connectivity index (χ2n) is 5.09. The Balaban J connectivity index is 2.29. The molecule has 2 N–H and O–H groups in total. The molecule has 1 nitrogen and oxygen atoms in total. The van der Waals surface area contributed by atoms with Crippen molar-refractivity contribution in [2.24, 2.45) is 5.73 Å². The number of hydrogen-bond acceptors (Lipinski definition) is 1. The predicted molar refractivity (Wildman–Crippen MR) is 77.8 cm³/mol. The van der Waals surface area contributed by atoms with Gasteiger partial charge in [0.25, 0.3) is 0 Å². The normalized spacial score (nSPS) is 12.4. The van der Waals surface area contributed by atoms with E-state index in [0.29, 0.717) is 12.1 Å². The molecule has 0 fully saturated rings. The fourth-order valence-corrected chi connectivity index (χ4v) is 2.41. The summed E-state index contributed by atoms with van der Waals surface area (Å²) in [5.41, 5.74) is 10.3. The third-order valence-electron chi connectivity index (χ3n) is 3.60. The zero-order chi connectivity index (χ0) is 13.8. The number of nitrogens with two attached hydrogens (primary N) is 1. The second-order valence-corrected chi connectivity index (χ2v) is 5.09. The zero-order valence-electron chi connectivity index (χ0n) is 11.5. The molecule has 0 aliphatic heterocycles. The molecule has 0 amide bonds. The third-order valence-corrected chi connectivity index (χ3v) is 3.60. The molecule has 0 radical (unpaired) electrons. The Morgan fingerprint density at radius 1 is 1.11 bits per heavy atom. The lowest BCUT2D eigenvalue weighted by atomic mass is 9.89. The van der Waals surface area contributed by atoms with Crippen molar-refractivity contribution in [2.75, 3.05) is 6.54 Å². The van der Waals surface area contributed by atoms with Crippen LogP contribution in [0.1, 0.15) is 28.2 Å². The van der Waals surface area contributed by atoms with Crippen LogP contribution in [0.4, 0.5) is 4.39 Å². The smallest absolute Gasteiger partial charge is 0.126 e. The van der Waals surface area contributed by atoms with Crippen molar-refractivity contribution in [1.29, 1.82) is 0 Å². The van der Waals surface area contributed by atoms with Gasteiger partial charge in [0.05, 0.1) is 0 Å². The number of benzene rings is 2. The molecule has 1 atom stereocenters.